The van der Waals surface area contributed by atoms with Gasteiger partial charge in [-0.2, -0.15) is 0 Å². The highest BCUT2D eigenvalue weighted by Gasteiger charge is 2.51. The highest BCUT2D eigenvalue weighted by atomic mass is 16.5. The van der Waals surface area contributed by atoms with Crippen LogP contribution < -0.4 is 0 Å². The maximum Gasteiger partial charge on any atom is 0.337 e. The van der Waals surface area contributed by atoms with Crippen molar-refractivity contribution in [3.63, 3.8) is 0 Å². The normalized spacial score (nSPS) is 28.9. The van der Waals surface area contributed by atoms with Crippen LogP contribution in [0.1, 0.15) is 66.1 Å². The number of methoxy groups -OCH3 is 1. The molecule has 3 unspecified atom stereocenters. The number of ether oxygens (including phenoxy) is 1. The van der Waals surface area contributed by atoms with Crippen LogP contribution >= 0.6 is 0 Å². The van der Waals surface area contributed by atoms with Gasteiger partial charge in [-0.05, 0) is 79.7 Å². The van der Waals surface area contributed by atoms with E-state index in [4.69, 9.17) is 4.74 Å². The van der Waals surface area contributed by atoms with Gasteiger partial charge < -0.3 is 9.84 Å². The van der Waals surface area contributed by atoms with Crippen molar-refractivity contribution in [3.8, 4) is 0 Å². The minimum atomic E-state index is -0.533. The van der Waals surface area contributed by atoms with Crippen LogP contribution in [0.15, 0.2) is 48.5 Å². The fourth-order valence-corrected chi connectivity index (χ4v) is 5.62. The lowest BCUT2D eigenvalue weighted by atomic mass is 9.52. The molecule has 1 fully saturated rings. The molecule has 0 bridgehead atoms. The van der Waals surface area contributed by atoms with Gasteiger partial charge >= 0.3 is 5.97 Å². The van der Waals surface area contributed by atoms with Crippen molar-refractivity contribution in [2.45, 2.75) is 62.9 Å². The molecule has 0 aromatic heterocycles. The Kier molecular flexibility index (Phi) is 5.05. The smallest absolute Gasteiger partial charge is 0.337 e. The Bertz CT molecular complexity index is 859. The molecular weight excluding hydrogens is 348 g/mol. The van der Waals surface area contributed by atoms with Crippen LogP contribution in [0.3, 0.4) is 0 Å². The second kappa shape index (κ2) is 7.36. The lowest BCUT2D eigenvalue weighted by Gasteiger charge is -2.53. The van der Waals surface area contributed by atoms with Crippen LogP contribution in [0.2, 0.25) is 0 Å². The Morgan fingerprint density at radius 2 is 1.96 bits per heavy atom. The third kappa shape index (κ3) is 3.26. The third-order valence-electron chi connectivity index (χ3n) is 7.29. The van der Waals surface area contributed by atoms with Crippen LogP contribution in [0, 0.1) is 5.92 Å². The average Bonchev–Trinajstić information content (AvgIpc) is 2.74. The van der Waals surface area contributed by atoms with Gasteiger partial charge in [0.2, 0.25) is 0 Å². The lowest BCUT2D eigenvalue weighted by molar-refractivity contribution is -0.0529. The molecule has 0 spiro atoms. The Labute approximate surface area is 167 Å². The number of aryl methyl sites for hydroxylation is 1. The maximum atomic E-state index is 12.0. The largest absolute Gasteiger partial charge is 0.465 e. The lowest BCUT2D eigenvalue weighted by Crippen LogP contribution is -2.51. The van der Waals surface area contributed by atoms with Crippen molar-refractivity contribution in [2.75, 3.05) is 7.11 Å². The van der Waals surface area contributed by atoms with Crippen molar-refractivity contribution in [1.29, 1.82) is 0 Å². The summed E-state index contributed by atoms with van der Waals surface area (Å²) in [5.41, 5.74) is 4.13. The molecule has 3 nitrogen and oxygen atoms in total. The first-order chi connectivity index (χ1) is 13.5. The summed E-state index contributed by atoms with van der Waals surface area (Å²) >= 11 is 0. The highest BCUT2D eigenvalue weighted by Crippen LogP contribution is 2.54. The zero-order valence-corrected chi connectivity index (χ0v) is 16.9. The quantitative estimate of drug-likeness (QED) is 0.774. The van der Waals surface area contributed by atoms with Gasteiger partial charge in [-0.15, -0.1) is 0 Å². The second-order valence-electron chi connectivity index (χ2n) is 8.70. The molecule has 0 aliphatic heterocycles. The molecule has 0 saturated heterocycles. The number of rotatable bonds is 4. The van der Waals surface area contributed by atoms with E-state index in [1.54, 1.807) is 0 Å². The number of fused-ring (bicyclic) bond motifs is 3. The standard InChI is InChI=1S/C25H30O3/c1-3-24(27)13-14-25(16-18-7-5-4-6-8-18)21(17-24)11-9-19-15-20(23(26)28-2)10-12-22(19)25/h4-8,10,12,15,21,27H,3,9,11,13-14,16-17H2,1-2H3. The number of carbonyl (C=O) groups excluding carboxylic acids is 1. The number of hydrogen-bond acceptors (Lipinski definition) is 3. The molecular formula is C25H30O3. The number of esters is 1. The van der Waals surface area contributed by atoms with Gasteiger partial charge in [0.05, 0.1) is 18.3 Å². The summed E-state index contributed by atoms with van der Waals surface area (Å²) in [7, 11) is 1.43. The SMILES string of the molecule is CCC1(O)CCC2(Cc3ccccc3)c3ccc(C(=O)OC)cc3CCC2C1. The Morgan fingerprint density at radius 1 is 1.18 bits per heavy atom. The first-order valence-corrected chi connectivity index (χ1v) is 10.5. The number of benzene rings is 2. The fraction of sp³-hybridized carbons (Fsp3) is 0.480. The van der Waals surface area contributed by atoms with Gasteiger partial charge in [0.15, 0.2) is 0 Å². The molecule has 28 heavy (non-hydrogen) atoms. The van der Waals surface area contributed by atoms with E-state index in [1.807, 2.05) is 12.1 Å². The van der Waals surface area contributed by atoms with Crippen LogP contribution in [-0.2, 0) is 23.0 Å². The van der Waals surface area contributed by atoms with E-state index in [0.29, 0.717) is 11.5 Å². The maximum absolute atomic E-state index is 12.0. The topological polar surface area (TPSA) is 46.5 Å². The molecule has 148 valence electrons. The molecule has 4 rings (SSSR count). The molecule has 2 aliphatic carbocycles. The van der Waals surface area contributed by atoms with Gasteiger partial charge in [0, 0.05) is 5.41 Å². The Hall–Kier alpha value is -2.13. The van der Waals surface area contributed by atoms with Crippen molar-refractivity contribution in [2.24, 2.45) is 5.92 Å². The molecule has 1 saturated carbocycles. The summed E-state index contributed by atoms with van der Waals surface area (Å²) in [6, 6.07) is 16.8. The zero-order chi connectivity index (χ0) is 19.8. The monoisotopic (exact) mass is 378 g/mol. The minimum Gasteiger partial charge on any atom is -0.465 e. The third-order valence-corrected chi connectivity index (χ3v) is 7.29. The first kappa shape index (κ1) is 19.2. The molecule has 1 N–H and O–H groups in total. The average molecular weight is 379 g/mol. The molecule has 3 heteroatoms. The van der Waals surface area contributed by atoms with E-state index in [0.717, 1.165) is 44.9 Å². The highest BCUT2D eigenvalue weighted by molar-refractivity contribution is 5.89. The van der Waals surface area contributed by atoms with Crippen molar-refractivity contribution in [1.82, 2.24) is 0 Å². The Balaban J connectivity index is 1.78. The Morgan fingerprint density at radius 3 is 2.68 bits per heavy atom. The summed E-state index contributed by atoms with van der Waals surface area (Å²) < 4.78 is 4.92. The predicted octanol–water partition coefficient (Wildman–Crippen LogP) is 4.84. The fourth-order valence-electron chi connectivity index (χ4n) is 5.62. The molecule has 0 heterocycles. The van der Waals surface area contributed by atoms with Crippen molar-refractivity contribution in [3.05, 3.63) is 70.8 Å². The summed E-state index contributed by atoms with van der Waals surface area (Å²) in [4.78, 5) is 12.0. The van der Waals surface area contributed by atoms with E-state index >= 15 is 0 Å². The van der Waals surface area contributed by atoms with E-state index in [9.17, 15) is 9.90 Å². The van der Waals surface area contributed by atoms with Crippen LogP contribution in [0.5, 0.6) is 0 Å². The van der Waals surface area contributed by atoms with E-state index < -0.39 is 5.60 Å². The molecule has 2 aliphatic rings. The number of carbonyl (C=O) groups is 1. The van der Waals surface area contributed by atoms with Crippen LogP contribution in [-0.4, -0.2) is 23.8 Å². The summed E-state index contributed by atoms with van der Waals surface area (Å²) in [6.07, 6.45) is 6.52. The molecule has 0 amide bonds. The number of hydrogen-bond donors (Lipinski definition) is 1. The molecule has 2 aromatic rings. The zero-order valence-electron chi connectivity index (χ0n) is 16.9. The van der Waals surface area contributed by atoms with Gasteiger partial charge in [0.25, 0.3) is 0 Å². The molecule has 2 aromatic carbocycles. The first-order valence-electron chi connectivity index (χ1n) is 10.5. The van der Waals surface area contributed by atoms with E-state index in [2.05, 4.69) is 43.3 Å². The van der Waals surface area contributed by atoms with E-state index in [1.165, 1.54) is 23.8 Å². The van der Waals surface area contributed by atoms with Gasteiger partial charge in [0.1, 0.15) is 0 Å². The van der Waals surface area contributed by atoms with Crippen LogP contribution in [0.4, 0.5) is 0 Å². The summed E-state index contributed by atoms with van der Waals surface area (Å²) in [6.45, 7) is 2.10. The van der Waals surface area contributed by atoms with Crippen molar-refractivity contribution < 1.29 is 14.6 Å². The number of aliphatic hydroxyl groups is 1. The second-order valence-corrected chi connectivity index (χ2v) is 8.70. The predicted molar refractivity (Wildman–Crippen MR) is 111 cm³/mol. The van der Waals surface area contributed by atoms with Gasteiger partial charge in [-0.25, -0.2) is 4.79 Å². The molecule has 3 atom stereocenters. The van der Waals surface area contributed by atoms with Gasteiger partial charge in [-0.3, -0.25) is 0 Å². The summed E-state index contributed by atoms with van der Waals surface area (Å²) in [5.74, 6) is 0.189. The van der Waals surface area contributed by atoms with Crippen LogP contribution in [0.25, 0.3) is 0 Å². The van der Waals surface area contributed by atoms with Crippen molar-refractivity contribution >= 4 is 5.97 Å². The van der Waals surface area contributed by atoms with Gasteiger partial charge in [-0.1, -0.05) is 43.3 Å². The molecule has 0 radical (unpaired) electrons. The van der Waals surface area contributed by atoms with E-state index in [-0.39, 0.29) is 11.4 Å². The minimum absolute atomic E-state index is 0.0327. The summed E-state index contributed by atoms with van der Waals surface area (Å²) in [5, 5.41) is 11.0.